The molecular formula is C10H12N2. The standard InChI is InChI=1S/C10H12N2/c1-3-8(2)12-10-7-5-4-6-9(10)11/h1,4-8,12H,11H2,2H3. The average molecular weight is 160 g/mol. The van der Waals surface area contributed by atoms with Gasteiger partial charge in [0.15, 0.2) is 0 Å². The van der Waals surface area contributed by atoms with Crippen LogP contribution in [0.3, 0.4) is 0 Å². The topological polar surface area (TPSA) is 38.0 Å². The molecule has 62 valence electrons. The normalized spacial score (nSPS) is 11.7. The van der Waals surface area contributed by atoms with E-state index < -0.39 is 0 Å². The molecule has 0 aliphatic rings. The predicted octanol–water partition coefficient (Wildman–Crippen LogP) is 1.70. The molecule has 0 aromatic heterocycles. The van der Waals surface area contributed by atoms with Crippen molar-refractivity contribution < 1.29 is 0 Å². The third kappa shape index (κ3) is 1.93. The van der Waals surface area contributed by atoms with Crippen molar-refractivity contribution >= 4 is 11.4 Å². The maximum Gasteiger partial charge on any atom is 0.0846 e. The lowest BCUT2D eigenvalue weighted by Crippen LogP contribution is -2.13. The van der Waals surface area contributed by atoms with Crippen LogP contribution in [0.15, 0.2) is 24.3 Å². The number of hydrogen-bond acceptors (Lipinski definition) is 2. The molecule has 0 spiro atoms. The Kier molecular flexibility index (Phi) is 2.60. The van der Waals surface area contributed by atoms with E-state index in [4.69, 9.17) is 12.2 Å². The van der Waals surface area contributed by atoms with Gasteiger partial charge in [0.05, 0.1) is 17.4 Å². The van der Waals surface area contributed by atoms with Crippen molar-refractivity contribution in [2.75, 3.05) is 11.1 Å². The van der Waals surface area contributed by atoms with Crippen LogP contribution in [0.5, 0.6) is 0 Å². The van der Waals surface area contributed by atoms with Gasteiger partial charge in [-0.15, -0.1) is 6.42 Å². The quantitative estimate of drug-likeness (QED) is 0.510. The van der Waals surface area contributed by atoms with Gasteiger partial charge in [-0.2, -0.15) is 0 Å². The van der Waals surface area contributed by atoms with E-state index in [1.807, 2.05) is 31.2 Å². The summed E-state index contributed by atoms with van der Waals surface area (Å²) in [6.07, 6.45) is 5.22. The van der Waals surface area contributed by atoms with Crippen molar-refractivity contribution in [3.8, 4) is 12.3 Å². The largest absolute Gasteiger partial charge is 0.397 e. The molecule has 0 aliphatic carbocycles. The van der Waals surface area contributed by atoms with Gasteiger partial charge in [-0.3, -0.25) is 0 Å². The summed E-state index contributed by atoms with van der Waals surface area (Å²) in [4.78, 5) is 0. The first-order chi connectivity index (χ1) is 5.74. The van der Waals surface area contributed by atoms with Crippen molar-refractivity contribution in [3.05, 3.63) is 24.3 Å². The molecular weight excluding hydrogens is 148 g/mol. The summed E-state index contributed by atoms with van der Waals surface area (Å²) in [7, 11) is 0. The van der Waals surface area contributed by atoms with Crippen molar-refractivity contribution in [2.45, 2.75) is 13.0 Å². The molecule has 3 N–H and O–H groups in total. The third-order valence-corrected chi connectivity index (χ3v) is 1.58. The van der Waals surface area contributed by atoms with Crippen LogP contribution in [0.25, 0.3) is 0 Å². The van der Waals surface area contributed by atoms with Gasteiger partial charge in [0.1, 0.15) is 0 Å². The number of nitrogens with one attached hydrogen (secondary N) is 1. The summed E-state index contributed by atoms with van der Waals surface area (Å²) >= 11 is 0. The minimum atomic E-state index is 0.00898. The van der Waals surface area contributed by atoms with Crippen molar-refractivity contribution in [3.63, 3.8) is 0 Å². The lowest BCUT2D eigenvalue weighted by molar-refractivity contribution is 1.04. The van der Waals surface area contributed by atoms with Crippen LogP contribution in [-0.2, 0) is 0 Å². The zero-order valence-electron chi connectivity index (χ0n) is 7.04. The van der Waals surface area contributed by atoms with E-state index in [0.717, 1.165) is 11.4 Å². The number of benzene rings is 1. The van der Waals surface area contributed by atoms with E-state index in [2.05, 4.69) is 11.2 Å². The van der Waals surface area contributed by atoms with Gasteiger partial charge in [0.25, 0.3) is 0 Å². The first-order valence-corrected chi connectivity index (χ1v) is 3.81. The number of hydrogen-bond donors (Lipinski definition) is 2. The minimum Gasteiger partial charge on any atom is -0.397 e. The molecule has 0 amide bonds. The van der Waals surface area contributed by atoms with E-state index in [1.165, 1.54) is 0 Å². The van der Waals surface area contributed by atoms with Crippen LogP contribution in [0.1, 0.15) is 6.92 Å². The number of nitrogens with two attached hydrogens (primary N) is 1. The van der Waals surface area contributed by atoms with Gasteiger partial charge in [0, 0.05) is 0 Å². The summed E-state index contributed by atoms with van der Waals surface area (Å²) in [5, 5.41) is 3.10. The van der Waals surface area contributed by atoms with Crippen LogP contribution in [0.2, 0.25) is 0 Å². The van der Waals surface area contributed by atoms with E-state index in [9.17, 15) is 0 Å². The lowest BCUT2D eigenvalue weighted by Gasteiger charge is -2.10. The van der Waals surface area contributed by atoms with E-state index in [1.54, 1.807) is 0 Å². The van der Waals surface area contributed by atoms with Crippen LogP contribution >= 0.6 is 0 Å². The Balaban J connectivity index is 2.77. The van der Waals surface area contributed by atoms with Gasteiger partial charge in [-0.05, 0) is 19.1 Å². The molecule has 1 atom stereocenters. The second-order valence-electron chi connectivity index (χ2n) is 2.62. The Morgan fingerprint density at radius 2 is 2.17 bits per heavy atom. The Hall–Kier alpha value is -1.62. The second kappa shape index (κ2) is 3.68. The highest BCUT2D eigenvalue weighted by Crippen LogP contribution is 2.17. The highest BCUT2D eigenvalue weighted by molar-refractivity contribution is 5.66. The maximum atomic E-state index is 5.69. The molecule has 0 radical (unpaired) electrons. The maximum absolute atomic E-state index is 5.69. The van der Waals surface area contributed by atoms with Crippen LogP contribution < -0.4 is 11.1 Å². The molecule has 1 unspecified atom stereocenters. The molecule has 2 heteroatoms. The van der Waals surface area contributed by atoms with Gasteiger partial charge in [-0.1, -0.05) is 18.1 Å². The molecule has 1 aromatic rings. The Morgan fingerprint density at radius 1 is 1.50 bits per heavy atom. The fourth-order valence-corrected chi connectivity index (χ4v) is 0.903. The molecule has 2 nitrogen and oxygen atoms in total. The number of para-hydroxylation sites is 2. The number of nitrogen functional groups attached to an aromatic ring is 1. The van der Waals surface area contributed by atoms with Gasteiger partial charge >= 0.3 is 0 Å². The molecule has 0 heterocycles. The fraction of sp³-hybridized carbons (Fsp3) is 0.200. The SMILES string of the molecule is C#CC(C)Nc1ccccc1N. The van der Waals surface area contributed by atoms with Gasteiger partial charge in [-0.25, -0.2) is 0 Å². The molecule has 1 aromatic carbocycles. The molecule has 0 saturated heterocycles. The van der Waals surface area contributed by atoms with E-state index in [-0.39, 0.29) is 6.04 Å². The van der Waals surface area contributed by atoms with Crippen LogP contribution in [0.4, 0.5) is 11.4 Å². The summed E-state index contributed by atoms with van der Waals surface area (Å²) in [6, 6.07) is 7.56. The molecule has 0 bridgehead atoms. The minimum absolute atomic E-state index is 0.00898. The number of rotatable bonds is 2. The Labute approximate surface area is 72.8 Å². The van der Waals surface area contributed by atoms with E-state index >= 15 is 0 Å². The zero-order valence-corrected chi connectivity index (χ0v) is 7.04. The predicted molar refractivity (Wildman–Crippen MR) is 52.8 cm³/mol. The van der Waals surface area contributed by atoms with Crippen LogP contribution in [0, 0.1) is 12.3 Å². The second-order valence-corrected chi connectivity index (χ2v) is 2.62. The average Bonchev–Trinajstić information content (AvgIpc) is 2.09. The summed E-state index contributed by atoms with van der Waals surface area (Å²) in [6.45, 7) is 1.91. The number of anilines is 2. The first kappa shape index (κ1) is 8.48. The van der Waals surface area contributed by atoms with E-state index in [0.29, 0.717) is 0 Å². The lowest BCUT2D eigenvalue weighted by atomic mass is 10.2. The zero-order chi connectivity index (χ0) is 8.97. The summed E-state index contributed by atoms with van der Waals surface area (Å²) in [5.41, 5.74) is 7.31. The molecule has 0 saturated carbocycles. The summed E-state index contributed by atoms with van der Waals surface area (Å²) < 4.78 is 0. The first-order valence-electron chi connectivity index (χ1n) is 3.81. The highest BCUT2D eigenvalue weighted by atomic mass is 14.9. The van der Waals surface area contributed by atoms with Crippen LogP contribution in [-0.4, -0.2) is 6.04 Å². The van der Waals surface area contributed by atoms with Crippen molar-refractivity contribution in [2.24, 2.45) is 0 Å². The third-order valence-electron chi connectivity index (χ3n) is 1.58. The highest BCUT2D eigenvalue weighted by Gasteiger charge is 1.99. The van der Waals surface area contributed by atoms with Gasteiger partial charge < -0.3 is 11.1 Å². The number of terminal acetylenes is 1. The molecule has 12 heavy (non-hydrogen) atoms. The molecule has 0 aliphatic heterocycles. The van der Waals surface area contributed by atoms with Gasteiger partial charge in [0.2, 0.25) is 0 Å². The smallest absolute Gasteiger partial charge is 0.0846 e. The van der Waals surface area contributed by atoms with Crippen molar-refractivity contribution in [1.82, 2.24) is 0 Å². The monoisotopic (exact) mass is 160 g/mol. The fourth-order valence-electron chi connectivity index (χ4n) is 0.903. The molecule has 1 rings (SSSR count). The Morgan fingerprint density at radius 3 is 2.75 bits per heavy atom. The Bertz CT molecular complexity index is 299. The molecule has 0 fully saturated rings. The van der Waals surface area contributed by atoms with Crippen molar-refractivity contribution in [1.29, 1.82) is 0 Å². The summed E-state index contributed by atoms with van der Waals surface area (Å²) in [5.74, 6) is 2.57.